The number of benzene rings is 1. The number of rotatable bonds is 5. The first-order chi connectivity index (χ1) is 10.2. The van der Waals surface area contributed by atoms with E-state index in [0.29, 0.717) is 12.1 Å². The highest BCUT2D eigenvalue weighted by Gasteiger charge is 2.20. The Hall–Kier alpha value is -2.04. The van der Waals surface area contributed by atoms with E-state index in [1.54, 1.807) is 4.90 Å². The van der Waals surface area contributed by atoms with Crippen LogP contribution in [0.3, 0.4) is 0 Å². The van der Waals surface area contributed by atoms with Crippen molar-refractivity contribution in [3.8, 4) is 0 Å². The second-order valence-electron chi connectivity index (χ2n) is 5.21. The number of amides is 1. The van der Waals surface area contributed by atoms with Crippen LogP contribution in [0, 0.1) is 0 Å². The van der Waals surface area contributed by atoms with Crippen LogP contribution in [-0.4, -0.2) is 43.5 Å². The summed E-state index contributed by atoms with van der Waals surface area (Å²) in [5.74, 6) is -0.507. The van der Waals surface area contributed by atoms with Crippen LogP contribution in [0.1, 0.15) is 35.7 Å². The van der Waals surface area contributed by atoms with Gasteiger partial charge in [0.2, 0.25) is 0 Å². The summed E-state index contributed by atoms with van der Waals surface area (Å²) in [5, 5.41) is 3.33. The molecule has 5 nitrogen and oxygen atoms in total. The molecular weight excluding hydrogens is 268 g/mol. The molecule has 0 saturated heterocycles. The molecule has 0 bridgehead atoms. The summed E-state index contributed by atoms with van der Waals surface area (Å²) < 4.78 is 4.66. The minimum absolute atomic E-state index is 0.00148. The molecule has 0 atom stereocenters. The van der Waals surface area contributed by atoms with Crippen LogP contribution in [0.5, 0.6) is 0 Å². The molecule has 0 unspecified atom stereocenters. The number of hydrogen-bond acceptors (Lipinski definition) is 4. The van der Waals surface area contributed by atoms with Crippen molar-refractivity contribution < 1.29 is 14.3 Å². The first-order valence-corrected chi connectivity index (χ1v) is 7.38. The lowest BCUT2D eigenvalue weighted by Crippen LogP contribution is -2.36. The lowest BCUT2D eigenvalue weighted by atomic mass is 10.0. The Kier molecular flexibility index (Phi) is 5.20. The zero-order valence-electron chi connectivity index (χ0n) is 12.6. The van der Waals surface area contributed by atoms with Crippen LogP contribution >= 0.6 is 0 Å². The van der Waals surface area contributed by atoms with Gasteiger partial charge in [0.1, 0.15) is 6.54 Å². The summed E-state index contributed by atoms with van der Waals surface area (Å²) in [7, 11) is 1.33. The Morgan fingerprint density at radius 1 is 1.38 bits per heavy atom. The first-order valence-electron chi connectivity index (χ1n) is 7.38. The molecule has 114 valence electrons. The summed E-state index contributed by atoms with van der Waals surface area (Å²) in [5.41, 5.74) is 2.91. The number of anilines is 1. The SMILES string of the molecule is CCCN(CC(=O)OC)C(=O)c1ccc2c(c1)CCCN2. The predicted octanol–water partition coefficient (Wildman–Crippen LogP) is 2.07. The van der Waals surface area contributed by atoms with Crippen molar-refractivity contribution in [2.45, 2.75) is 26.2 Å². The van der Waals surface area contributed by atoms with Crippen molar-refractivity contribution in [2.24, 2.45) is 0 Å². The fraction of sp³-hybridized carbons (Fsp3) is 0.500. The van der Waals surface area contributed by atoms with Crippen LogP contribution in [0.15, 0.2) is 18.2 Å². The zero-order valence-corrected chi connectivity index (χ0v) is 12.6. The number of carbonyl (C=O) groups is 2. The molecule has 0 spiro atoms. The smallest absolute Gasteiger partial charge is 0.325 e. The number of nitrogens with zero attached hydrogens (tertiary/aromatic N) is 1. The van der Waals surface area contributed by atoms with Crippen molar-refractivity contribution >= 4 is 17.6 Å². The third kappa shape index (κ3) is 3.74. The van der Waals surface area contributed by atoms with E-state index < -0.39 is 5.97 Å². The van der Waals surface area contributed by atoms with Gasteiger partial charge in [0.15, 0.2) is 0 Å². The molecular formula is C16H22N2O3. The van der Waals surface area contributed by atoms with Gasteiger partial charge in [-0.15, -0.1) is 0 Å². The Morgan fingerprint density at radius 2 is 2.19 bits per heavy atom. The van der Waals surface area contributed by atoms with Gasteiger partial charge in [-0.1, -0.05) is 6.92 Å². The van der Waals surface area contributed by atoms with Gasteiger partial charge in [-0.2, -0.15) is 0 Å². The minimum Gasteiger partial charge on any atom is -0.468 e. The van der Waals surface area contributed by atoms with Crippen LogP contribution in [-0.2, 0) is 16.0 Å². The lowest BCUT2D eigenvalue weighted by molar-refractivity contribution is -0.141. The monoisotopic (exact) mass is 290 g/mol. The Balaban J connectivity index is 2.17. The van der Waals surface area contributed by atoms with Crippen LogP contribution in [0.4, 0.5) is 5.69 Å². The van der Waals surface area contributed by atoms with Crippen LogP contribution < -0.4 is 5.32 Å². The van der Waals surface area contributed by atoms with Gasteiger partial charge in [0.05, 0.1) is 7.11 Å². The second kappa shape index (κ2) is 7.11. The van der Waals surface area contributed by atoms with Crippen molar-refractivity contribution in [1.82, 2.24) is 4.90 Å². The maximum absolute atomic E-state index is 12.6. The van der Waals surface area contributed by atoms with E-state index in [1.165, 1.54) is 12.7 Å². The standard InChI is InChI=1S/C16H22N2O3/c1-3-9-18(11-15(19)21-2)16(20)13-6-7-14-12(10-13)5-4-8-17-14/h6-7,10,17H,3-5,8-9,11H2,1-2H3. The quantitative estimate of drug-likeness (QED) is 0.843. The van der Waals surface area contributed by atoms with Gasteiger partial charge >= 0.3 is 5.97 Å². The maximum Gasteiger partial charge on any atom is 0.325 e. The molecule has 1 amide bonds. The number of ether oxygens (including phenoxy) is 1. The summed E-state index contributed by atoms with van der Waals surface area (Å²) in [6, 6.07) is 5.70. The zero-order chi connectivity index (χ0) is 15.2. The summed E-state index contributed by atoms with van der Waals surface area (Å²) in [6.07, 6.45) is 2.86. The van der Waals surface area contributed by atoms with Crippen molar-refractivity contribution in [2.75, 3.05) is 32.1 Å². The number of carbonyl (C=O) groups excluding carboxylic acids is 2. The van der Waals surface area contributed by atoms with Gasteiger partial charge in [0.25, 0.3) is 5.91 Å². The van der Waals surface area contributed by atoms with Crippen molar-refractivity contribution in [3.05, 3.63) is 29.3 Å². The minimum atomic E-state index is -0.392. The van der Waals surface area contributed by atoms with Crippen LogP contribution in [0.2, 0.25) is 0 Å². The maximum atomic E-state index is 12.6. The molecule has 0 aliphatic carbocycles. The van der Waals surface area contributed by atoms with E-state index in [0.717, 1.165) is 31.5 Å². The Labute approximate surface area is 125 Å². The topological polar surface area (TPSA) is 58.6 Å². The predicted molar refractivity (Wildman–Crippen MR) is 81.5 cm³/mol. The van der Waals surface area contributed by atoms with Gasteiger partial charge < -0.3 is 15.0 Å². The van der Waals surface area contributed by atoms with E-state index >= 15 is 0 Å². The molecule has 0 saturated carbocycles. The molecule has 0 radical (unpaired) electrons. The largest absolute Gasteiger partial charge is 0.468 e. The molecule has 21 heavy (non-hydrogen) atoms. The normalized spacial score (nSPS) is 13.0. The number of hydrogen-bond donors (Lipinski definition) is 1. The first kappa shape index (κ1) is 15.4. The molecule has 0 aromatic heterocycles. The fourth-order valence-electron chi connectivity index (χ4n) is 2.53. The summed E-state index contributed by atoms with van der Waals surface area (Å²) in [6.45, 7) is 3.50. The number of methoxy groups -OCH3 is 1. The fourth-order valence-corrected chi connectivity index (χ4v) is 2.53. The molecule has 1 aliphatic rings. The van der Waals surface area contributed by atoms with E-state index in [9.17, 15) is 9.59 Å². The second-order valence-corrected chi connectivity index (χ2v) is 5.21. The summed E-state index contributed by atoms with van der Waals surface area (Å²) >= 11 is 0. The third-order valence-corrected chi connectivity index (χ3v) is 3.62. The van der Waals surface area contributed by atoms with Gasteiger partial charge in [-0.05, 0) is 43.0 Å². The molecule has 0 fully saturated rings. The highest BCUT2D eigenvalue weighted by atomic mass is 16.5. The van der Waals surface area contributed by atoms with E-state index in [1.807, 2.05) is 25.1 Å². The van der Waals surface area contributed by atoms with Gasteiger partial charge in [0, 0.05) is 24.3 Å². The van der Waals surface area contributed by atoms with E-state index in [2.05, 4.69) is 10.1 Å². The molecule has 1 aromatic rings. The number of aryl methyl sites for hydroxylation is 1. The highest BCUT2D eigenvalue weighted by molar-refractivity contribution is 5.96. The third-order valence-electron chi connectivity index (χ3n) is 3.62. The van der Waals surface area contributed by atoms with Crippen molar-refractivity contribution in [3.63, 3.8) is 0 Å². The number of esters is 1. The molecule has 1 N–H and O–H groups in total. The van der Waals surface area contributed by atoms with Gasteiger partial charge in [-0.3, -0.25) is 9.59 Å². The molecule has 5 heteroatoms. The molecule has 1 aliphatic heterocycles. The highest BCUT2D eigenvalue weighted by Crippen LogP contribution is 2.23. The van der Waals surface area contributed by atoms with E-state index in [4.69, 9.17) is 0 Å². The molecule has 1 heterocycles. The number of nitrogens with one attached hydrogen (secondary N) is 1. The average molecular weight is 290 g/mol. The Bertz CT molecular complexity index is 528. The van der Waals surface area contributed by atoms with Crippen LogP contribution in [0.25, 0.3) is 0 Å². The van der Waals surface area contributed by atoms with Crippen molar-refractivity contribution in [1.29, 1.82) is 0 Å². The lowest BCUT2D eigenvalue weighted by Gasteiger charge is -2.23. The summed E-state index contributed by atoms with van der Waals surface area (Å²) in [4.78, 5) is 25.6. The van der Waals surface area contributed by atoms with E-state index in [-0.39, 0.29) is 12.5 Å². The molecule has 2 rings (SSSR count). The van der Waals surface area contributed by atoms with Gasteiger partial charge in [-0.25, -0.2) is 0 Å². The average Bonchev–Trinajstić information content (AvgIpc) is 2.53. The Morgan fingerprint density at radius 3 is 2.90 bits per heavy atom. The number of fused-ring (bicyclic) bond motifs is 1. The molecule has 1 aromatic carbocycles.